The third-order valence-electron chi connectivity index (χ3n) is 7.15. The number of aromatic nitrogens is 4. The van der Waals surface area contributed by atoms with E-state index in [1.165, 1.54) is 5.56 Å². The van der Waals surface area contributed by atoms with E-state index in [1.54, 1.807) is 6.33 Å². The quantitative estimate of drug-likeness (QED) is 0.632. The van der Waals surface area contributed by atoms with E-state index in [2.05, 4.69) is 58.4 Å². The van der Waals surface area contributed by atoms with Crippen molar-refractivity contribution >= 4 is 11.9 Å². The number of likely N-dealkylation sites (N-methyl/N-ethyl adjacent to an activating group) is 1. The summed E-state index contributed by atoms with van der Waals surface area (Å²) in [5.41, 5.74) is 4.25. The first kappa shape index (κ1) is 22.5. The molecule has 5 rings (SSSR count). The van der Waals surface area contributed by atoms with Gasteiger partial charge in [0.05, 0.1) is 30.8 Å². The summed E-state index contributed by atoms with van der Waals surface area (Å²) in [4.78, 5) is 31.9. The number of benzene rings is 1. The van der Waals surface area contributed by atoms with Crippen LogP contribution in [0.1, 0.15) is 41.8 Å². The second kappa shape index (κ2) is 9.54. The number of rotatable bonds is 5. The minimum absolute atomic E-state index is 0.00816. The fraction of sp³-hybridized carbons (Fsp3) is 0.462. The van der Waals surface area contributed by atoms with Gasteiger partial charge in [-0.1, -0.05) is 30.3 Å². The smallest absolute Gasteiger partial charge is 0.227 e. The highest BCUT2D eigenvalue weighted by atomic mass is 16.2. The number of carbonyl (C=O) groups is 1. The lowest BCUT2D eigenvalue weighted by atomic mass is 9.79. The molecule has 0 bridgehead atoms. The van der Waals surface area contributed by atoms with Gasteiger partial charge in [-0.3, -0.25) is 4.79 Å². The lowest BCUT2D eigenvalue weighted by Gasteiger charge is -2.42. The normalized spacial score (nSPS) is 22.9. The molecule has 1 amide bonds. The van der Waals surface area contributed by atoms with Crippen LogP contribution in [0.15, 0.2) is 49.1 Å². The van der Waals surface area contributed by atoms with Gasteiger partial charge in [0.25, 0.3) is 0 Å². The highest BCUT2D eigenvalue weighted by Crippen LogP contribution is 2.35. The summed E-state index contributed by atoms with van der Waals surface area (Å²) in [7, 11) is 4.10. The highest BCUT2D eigenvalue weighted by molar-refractivity contribution is 5.80. The molecule has 34 heavy (non-hydrogen) atoms. The number of hydrogen-bond acceptors (Lipinski definition) is 6. The van der Waals surface area contributed by atoms with Crippen molar-refractivity contribution in [1.82, 2.24) is 29.3 Å². The van der Waals surface area contributed by atoms with Crippen LogP contribution < -0.4 is 5.32 Å². The second-order valence-electron chi connectivity index (χ2n) is 9.74. The van der Waals surface area contributed by atoms with Gasteiger partial charge in [0.15, 0.2) is 0 Å². The van der Waals surface area contributed by atoms with Crippen LogP contribution >= 0.6 is 0 Å². The van der Waals surface area contributed by atoms with Gasteiger partial charge in [0, 0.05) is 43.9 Å². The van der Waals surface area contributed by atoms with Crippen molar-refractivity contribution in [2.45, 2.75) is 44.8 Å². The third-order valence-corrected chi connectivity index (χ3v) is 7.15. The van der Waals surface area contributed by atoms with E-state index in [1.807, 2.05) is 35.0 Å². The van der Waals surface area contributed by atoms with Crippen LogP contribution in [-0.2, 0) is 31.4 Å². The van der Waals surface area contributed by atoms with Crippen molar-refractivity contribution in [3.05, 3.63) is 71.6 Å². The number of anilines is 1. The summed E-state index contributed by atoms with van der Waals surface area (Å²) < 4.78 is 1.92. The van der Waals surface area contributed by atoms with Crippen molar-refractivity contribution in [2.75, 3.05) is 25.5 Å². The third kappa shape index (κ3) is 4.68. The molecule has 0 aliphatic carbocycles. The largest absolute Gasteiger partial charge is 0.349 e. The number of amides is 1. The molecular weight excluding hydrogens is 426 g/mol. The zero-order valence-corrected chi connectivity index (χ0v) is 20.2. The second-order valence-corrected chi connectivity index (χ2v) is 9.74. The van der Waals surface area contributed by atoms with Crippen molar-refractivity contribution in [2.24, 2.45) is 13.0 Å². The van der Waals surface area contributed by atoms with Crippen molar-refractivity contribution in [3.63, 3.8) is 0 Å². The van der Waals surface area contributed by atoms with Crippen LogP contribution in [0.2, 0.25) is 0 Å². The summed E-state index contributed by atoms with van der Waals surface area (Å²) in [6.45, 7) is 5.09. The van der Waals surface area contributed by atoms with Gasteiger partial charge < -0.3 is 19.7 Å². The number of hydrogen-bond donors (Lipinski definition) is 1. The lowest BCUT2D eigenvalue weighted by molar-refractivity contribution is -0.141. The molecule has 1 fully saturated rings. The molecule has 0 unspecified atom stereocenters. The van der Waals surface area contributed by atoms with Gasteiger partial charge in [0.1, 0.15) is 0 Å². The molecule has 1 aromatic carbocycles. The Bertz CT molecular complexity index is 1150. The number of fused-ring (bicyclic) bond motifs is 1. The molecule has 2 aliphatic rings. The Morgan fingerprint density at radius 1 is 1.18 bits per heavy atom. The van der Waals surface area contributed by atoms with E-state index in [0.29, 0.717) is 19.0 Å². The van der Waals surface area contributed by atoms with Gasteiger partial charge in [0.2, 0.25) is 11.9 Å². The molecule has 1 saturated heterocycles. The average Bonchev–Trinajstić information content (AvgIpc) is 3.27. The zero-order chi connectivity index (χ0) is 23.7. The molecule has 3 aromatic rings. The topological polar surface area (TPSA) is 79.2 Å². The minimum Gasteiger partial charge on any atom is -0.349 e. The molecular formula is C26H33N7O. The number of nitrogens with zero attached hydrogens (tertiary/aromatic N) is 6. The fourth-order valence-electron chi connectivity index (χ4n) is 5.26. The highest BCUT2D eigenvalue weighted by Gasteiger charge is 2.39. The predicted octanol–water partition coefficient (Wildman–Crippen LogP) is 2.83. The first-order chi connectivity index (χ1) is 16.5. The molecule has 0 radical (unpaired) electrons. The molecule has 2 aromatic heterocycles. The van der Waals surface area contributed by atoms with Crippen LogP contribution in [-0.4, -0.2) is 61.4 Å². The van der Waals surface area contributed by atoms with E-state index in [9.17, 15) is 4.79 Å². The summed E-state index contributed by atoms with van der Waals surface area (Å²) in [5.74, 6) is 1.03. The molecule has 3 atom stereocenters. The van der Waals surface area contributed by atoms with E-state index >= 15 is 0 Å². The maximum absolute atomic E-state index is 13.9. The van der Waals surface area contributed by atoms with Crippen LogP contribution in [0.4, 0.5) is 5.95 Å². The molecule has 0 saturated carbocycles. The number of aryl methyl sites for hydroxylation is 1. The standard InChI is InChI=1S/C26H33N7O/c1-18-11-20-12-27-26(28-13-21-14-32(3)17-29-21)30-24(20)16-33(18)25(34)22-9-10-31(2)15-23(22)19-7-5-4-6-8-19/h4-8,12,14,17-18,22-23H,9-11,13,15-16H2,1-3H3,(H,27,28,30)/t18-,22+,23-/m1/s1. The van der Waals surface area contributed by atoms with Gasteiger partial charge in [-0.25, -0.2) is 15.0 Å². The maximum atomic E-state index is 13.9. The minimum atomic E-state index is -0.00816. The van der Waals surface area contributed by atoms with Crippen LogP contribution in [0.5, 0.6) is 0 Å². The van der Waals surface area contributed by atoms with E-state index in [0.717, 1.165) is 42.9 Å². The lowest BCUT2D eigenvalue weighted by Crippen LogP contribution is -2.50. The van der Waals surface area contributed by atoms with E-state index in [-0.39, 0.29) is 23.8 Å². The van der Waals surface area contributed by atoms with Gasteiger partial charge in [-0.05, 0) is 44.5 Å². The Morgan fingerprint density at radius 3 is 2.76 bits per heavy atom. The molecule has 0 spiro atoms. The molecule has 2 aliphatic heterocycles. The number of carbonyl (C=O) groups excluding carboxylic acids is 1. The summed E-state index contributed by atoms with van der Waals surface area (Å²) >= 11 is 0. The Labute approximate surface area is 201 Å². The number of nitrogens with one attached hydrogen (secondary N) is 1. The van der Waals surface area contributed by atoms with Gasteiger partial charge >= 0.3 is 0 Å². The number of imidazole rings is 1. The van der Waals surface area contributed by atoms with Crippen molar-refractivity contribution in [3.8, 4) is 0 Å². The fourth-order valence-corrected chi connectivity index (χ4v) is 5.26. The van der Waals surface area contributed by atoms with E-state index in [4.69, 9.17) is 4.98 Å². The molecule has 8 nitrogen and oxygen atoms in total. The van der Waals surface area contributed by atoms with Gasteiger partial charge in [-0.15, -0.1) is 0 Å². The maximum Gasteiger partial charge on any atom is 0.227 e. The van der Waals surface area contributed by atoms with Crippen LogP contribution in [0.3, 0.4) is 0 Å². The molecule has 8 heteroatoms. The average molecular weight is 460 g/mol. The van der Waals surface area contributed by atoms with Gasteiger partial charge in [-0.2, -0.15) is 0 Å². The Kier molecular flexibility index (Phi) is 6.32. The Hall–Kier alpha value is -3.26. The zero-order valence-electron chi connectivity index (χ0n) is 20.2. The Morgan fingerprint density at radius 2 is 2.00 bits per heavy atom. The summed E-state index contributed by atoms with van der Waals surface area (Å²) in [5, 5.41) is 3.27. The van der Waals surface area contributed by atoms with Crippen LogP contribution in [0, 0.1) is 5.92 Å². The van der Waals surface area contributed by atoms with E-state index < -0.39 is 0 Å². The Balaban J connectivity index is 1.33. The first-order valence-electron chi connectivity index (χ1n) is 12.1. The monoisotopic (exact) mass is 459 g/mol. The van der Waals surface area contributed by atoms with Crippen molar-refractivity contribution in [1.29, 1.82) is 0 Å². The predicted molar refractivity (Wildman–Crippen MR) is 131 cm³/mol. The first-order valence-corrected chi connectivity index (χ1v) is 12.1. The van der Waals surface area contributed by atoms with Crippen molar-refractivity contribution < 1.29 is 4.79 Å². The summed E-state index contributed by atoms with van der Waals surface area (Å²) in [6.07, 6.45) is 7.32. The van der Waals surface area contributed by atoms with Crippen LogP contribution in [0.25, 0.3) is 0 Å². The molecule has 4 heterocycles. The molecule has 1 N–H and O–H groups in total. The SMILES string of the molecule is C[C@@H]1Cc2cnc(NCc3cn(C)cn3)nc2CN1C(=O)[C@H]1CCN(C)C[C@@H]1c1ccccc1. The summed E-state index contributed by atoms with van der Waals surface area (Å²) in [6, 6.07) is 10.6. The number of piperidine rings is 1. The number of likely N-dealkylation sites (tertiary alicyclic amines) is 1. The molecule has 178 valence electrons.